The molecule has 4 fully saturated rings. The molecule has 194 valence electrons. The molecule has 0 saturated heterocycles. The number of hydrogen-bond acceptors (Lipinski definition) is 4. The third-order valence-corrected chi connectivity index (χ3v) is 10.9. The molecule has 5 heteroatoms. The molecular weight excluding hydrogens is 438 g/mol. The molecule has 1 amide bonds. The van der Waals surface area contributed by atoms with Gasteiger partial charge in [0, 0.05) is 19.1 Å². The van der Waals surface area contributed by atoms with E-state index in [0.29, 0.717) is 42.8 Å². The SMILES string of the molecule is COCO[C@@H]1C[C@]23CC[C@@H]4[C@](C)(COC(=O)NCc5ccccc5)CCC[C@@]4(C)[C@@H]2CC[C@@]1(C)C3. The molecule has 1 N–H and O–H groups in total. The van der Waals surface area contributed by atoms with Gasteiger partial charge in [0.25, 0.3) is 0 Å². The molecule has 0 aromatic heterocycles. The van der Waals surface area contributed by atoms with Crippen molar-refractivity contribution in [1.82, 2.24) is 5.32 Å². The molecule has 1 spiro atoms. The first kappa shape index (κ1) is 25.1. The summed E-state index contributed by atoms with van der Waals surface area (Å²) in [7, 11) is 1.73. The van der Waals surface area contributed by atoms with E-state index >= 15 is 0 Å². The summed E-state index contributed by atoms with van der Waals surface area (Å²) in [5, 5.41) is 2.94. The zero-order valence-electron chi connectivity index (χ0n) is 22.2. The second-order valence-corrected chi connectivity index (χ2v) is 13.1. The van der Waals surface area contributed by atoms with E-state index in [2.05, 4.69) is 26.1 Å². The highest BCUT2D eigenvalue weighted by molar-refractivity contribution is 5.67. The summed E-state index contributed by atoms with van der Waals surface area (Å²) in [5.41, 5.74) is 2.14. The predicted molar refractivity (Wildman–Crippen MR) is 137 cm³/mol. The molecule has 5 nitrogen and oxygen atoms in total. The number of carbonyl (C=O) groups is 1. The van der Waals surface area contributed by atoms with E-state index in [4.69, 9.17) is 14.2 Å². The zero-order chi connectivity index (χ0) is 24.7. The van der Waals surface area contributed by atoms with E-state index in [9.17, 15) is 4.79 Å². The highest BCUT2D eigenvalue weighted by atomic mass is 16.7. The standard InChI is InChI=1S/C30H45NO4/c1-27-15-11-24-29(3)14-8-13-28(2,20-34-26(32)31-18-22-9-6-5-7-10-22)23(29)12-16-30(24,19-27)17-25(27)35-21-33-4/h5-7,9-10,23-25H,8,11-21H2,1-4H3,(H,31,32)/t23-,24+,25-,27+,28+,29-,30+/m1/s1. The Kier molecular flexibility index (Phi) is 6.71. The van der Waals surface area contributed by atoms with Crippen LogP contribution in [0, 0.1) is 33.5 Å². The van der Waals surface area contributed by atoms with Crippen molar-refractivity contribution in [2.75, 3.05) is 20.5 Å². The van der Waals surface area contributed by atoms with Crippen molar-refractivity contribution in [1.29, 1.82) is 0 Å². The smallest absolute Gasteiger partial charge is 0.407 e. The van der Waals surface area contributed by atoms with Gasteiger partial charge in [-0.3, -0.25) is 0 Å². The number of ether oxygens (including phenoxy) is 3. The number of rotatable bonds is 7. The van der Waals surface area contributed by atoms with Gasteiger partial charge in [0.1, 0.15) is 6.79 Å². The predicted octanol–water partition coefficient (Wildman–Crippen LogP) is 6.70. The minimum atomic E-state index is -0.294. The minimum absolute atomic E-state index is 0.0456. The second-order valence-electron chi connectivity index (χ2n) is 13.1. The van der Waals surface area contributed by atoms with Crippen LogP contribution in [-0.2, 0) is 20.8 Å². The molecule has 35 heavy (non-hydrogen) atoms. The van der Waals surface area contributed by atoms with Crippen LogP contribution in [0.15, 0.2) is 30.3 Å². The number of hydrogen-bond donors (Lipinski definition) is 1. The average Bonchev–Trinajstić information content (AvgIpc) is 3.04. The Morgan fingerprint density at radius 2 is 1.80 bits per heavy atom. The lowest BCUT2D eigenvalue weighted by molar-refractivity contribution is -0.163. The van der Waals surface area contributed by atoms with Gasteiger partial charge in [0.05, 0.1) is 12.7 Å². The van der Waals surface area contributed by atoms with Crippen LogP contribution in [0.25, 0.3) is 0 Å². The number of alkyl carbamates (subject to hydrolysis) is 1. The normalized spacial score (nSPS) is 42.1. The lowest BCUT2D eigenvalue weighted by Crippen LogP contribution is -2.58. The van der Waals surface area contributed by atoms with Crippen LogP contribution in [0.5, 0.6) is 0 Å². The Hall–Kier alpha value is -1.59. The topological polar surface area (TPSA) is 56.8 Å². The van der Waals surface area contributed by atoms with Crippen LogP contribution in [0.3, 0.4) is 0 Å². The fourth-order valence-electron chi connectivity index (χ4n) is 9.47. The van der Waals surface area contributed by atoms with Gasteiger partial charge in [-0.15, -0.1) is 0 Å². The van der Waals surface area contributed by atoms with Gasteiger partial charge in [-0.1, -0.05) is 57.5 Å². The molecule has 0 aliphatic heterocycles. The molecule has 0 heterocycles. The first-order valence-electron chi connectivity index (χ1n) is 13.8. The van der Waals surface area contributed by atoms with Crippen molar-refractivity contribution in [2.45, 2.75) is 91.2 Å². The van der Waals surface area contributed by atoms with Crippen LogP contribution in [0.1, 0.15) is 84.1 Å². The van der Waals surface area contributed by atoms with E-state index in [1.807, 2.05) is 30.3 Å². The molecule has 4 aliphatic carbocycles. The number of carbonyl (C=O) groups excluding carboxylic acids is 1. The number of amides is 1. The third kappa shape index (κ3) is 4.41. The molecule has 1 aromatic rings. The molecule has 2 bridgehead atoms. The Balaban J connectivity index is 1.26. The van der Waals surface area contributed by atoms with Gasteiger partial charge < -0.3 is 19.5 Å². The molecule has 4 aliphatic rings. The van der Waals surface area contributed by atoms with Crippen molar-refractivity contribution in [3.8, 4) is 0 Å². The van der Waals surface area contributed by atoms with Crippen LogP contribution < -0.4 is 5.32 Å². The second kappa shape index (κ2) is 9.37. The Bertz CT molecular complexity index is 907. The van der Waals surface area contributed by atoms with Gasteiger partial charge in [-0.2, -0.15) is 0 Å². The van der Waals surface area contributed by atoms with E-state index in [-0.39, 0.29) is 16.9 Å². The van der Waals surface area contributed by atoms with Gasteiger partial charge in [0.2, 0.25) is 0 Å². The first-order valence-corrected chi connectivity index (χ1v) is 13.8. The summed E-state index contributed by atoms with van der Waals surface area (Å²) < 4.78 is 17.4. The van der Waals surface area contributed by atoms with Crippen LogP contribution in [0.4, 0.5) is 4.79 Å². The maximum Gasteiger partial charge on any atom is 0.407 e. The Morgan fingerprint density at radius 1 is 1.03 bits per heavy atom. The molecular formula is C30H45NO4. The van der Waals surface area contributed by atoms with Gasteiger partial charge in [0.15, 0.2) is 0 Å². The average molecular weight is 484 g/mol. The van der Waals surface area contributed by atoms with E-state index in [1.165, 1.54) is 51.4 Å². The number of nitrogens with one attached hydrogen (secondary N) is 1. The summed E-state index contributed by atoms with van der Waals surface area (Å²) in [6.45, 7) is 8.87. The van der Waals surface area contributed by atoms with Crippen LogP contribution >= 0.6 is 0 Å². The first-order chi connectivity index (χ1) is 16.7. The van der Waals surface area contributed by atoms with Crippen LogP contribution in [-0.4, -0.2) is 32.7 Å². The lowest BCUT2D eigenvalue weighted by Gasteiger charge is -2.64. The number of benzene rings is 1. The minimum Gasteiger partial charge on any atom is -0.449 e. The van der Waals surface area contributed by atoms with Gasteiger partial charge in [-0.25, -0.2) is 4.79 Å². The van der Waals surface area contributed by atoms with Crippen molar-refractivity contribution < 1.29 is 19.0 Å². The maximum absolute atomic E-state index is 12.6. The number of fused-ring (bicyclic) bond motifs is 3. The zero-order valence-corrected chi connectivity index (χ0v) is 22.2. The third-order valence-electron chi connectivity index (χ3n) is 10.9. The van der Waals surface area contributed by atoms with Crippen molar-refractivity contribution in [3.63, 3.8) is 0 Å². The fourth-order valence-corrected chi connectivity index (χ4v) is 9.47. The van der Waals surface area contributed by atoms with Crippen molar-refractivity contribution in [3.05, 3.63) is 35.9 Å². The Morgan fingerprint density at radius 3 is 2.57 bits per heavy atom. The maximum atomic E-state index is 12.6. The van der Waals surface area contributed by atoms with E-state index in [0.717, 1.165) is 17.9 Å². The molecule has 1 aromatic carbocycles. The molecule has 5 rings (SSSR count). The highest BCUT2D eigenvalue weighted by Gasteiger charge is 2.67. The van der Waals surface area contributed by atoms with Crippen molar-refractivity contribution in [2.24, 2.45) is 33.5 Å². The largest absolute Gasteiger partial charge is 0.449 e. The summed E-state index contributed by atoms with van der Waals surface area (Å²) in [6, 6.07) is 10.0. The fraction of sp³-hybridized carbons (Fsp3) is 0.767. The monoisotopic (exact) mass is 483 g/mol. The molecule has 0 radical (unpaired) electrons. The van der Waals surface area contributed by atoms with E-state index in [1.54, 1.807) is 7.11 Å². The van der Waals surface area contributed by atoms with E-state index < -0.39 is 0 Å². The summed E-state index contributed by atoms with van der Waals surface area (Å²) in [4.78, 5) is 12.6. The van der Waals surface area contributed by atoms with Gasteiger partial charge >= 0.3 is 6.09 Å². The van der Waals surface area contributed by atoms with Crippen LogP contribution in [0.2, 0.25) is 0 Å². The molecule has 7 atom stereocenters. The summed E-state index contributed by atoms with van der Waals surface area (Å²) in [6.07, 6.45) is 11.3. The molecule has 4 saturated carbocycles. The molecule has 0 unspecified atom stereocenters. The highest BCUT2D eigenvalue weighted by Crippen LogP contribution is 2.74. The lowest BCUT2D eigenvalue weighted by atomic mass is 9.40. The quantitative estimate of drug-likeness (QED) is 0.438. The summed E-state index contributed by atoms with van der Waals surface area (Å²) >= 11 is 0. The summed E-state index contributed by atoms with van der Waals surface area (Å²) in [5.74, 6) is 1.34. The Labute approximate surface area is 211 Å². The van der Waals surface area contributed by atoms with Crippen molar-refractivity contribution >= 4 is 6.09 Å². The van der Waals surface area contributed by atoms with Gasteiger partial charge in [-0.05, 0) is 85.0 Å². The number of methoxy groups -OCH3 is 1.